The molecule has 0 bridgehead atoms. The SMILES string of the molecule is CC(C)(C)CC(OI)SCl. The summed E-state index contributed by atoms with van der Waals surface area (Å²) >= 11 is 1.88. The Bertz CT molecular complexity index is 90.2. The second-order valence-electron chi connectivity index (χ2n) is 3.37. The third kappa shape index (κ3) is 6.07. The van der Waals surface area contributed by atoms with Gasteiger partial charge in [0.1, 0.15) is 28.4 Å². The fourth-order valence-electron chi connectivity index (χ4n) is 0.577. The lowest BCUT2D eigenvalue weighted by Gasteiger charge is -2.21. The summed E-state index contributed by atoms with van der Waals surface area (Å²) in [7, 11) is 6.80. The molecule has 0 radical (unpaired) electrons. The van der Waals surface area contributed by atoms with Crippen LogP contribution in [0.5, 0.6) is 0 Å². The highest BCUT2D eigenvalue weighted by atomic mass is 127. The molecule has 0 saturated heterocycles. The lowest BCUT2D eigenvalue weighted by atomic mass is 9.93. The van der Waals surface area contributed by atoms with Crippen LogP contribution >= 0.6 is 44.7 Å². The molecule has 0 aromatic carbocycles. The first-order chi connectivity index (χ1) is 4.49. The summed E-state index contributed by atoms with van der Waals surface area (Å²) in [5, 5.41) is 0. The summed E-state index contributed by atoms with van der Waals surface area (Å²) in [5.41, 5.74) is 0.403. The van der Waals surface area contributed by atoms with Crippen molar-refractivity contribution in [2.75, 3.05) is 0 Å². The van der Waals surface area contributed by atoms with Gasteiger partial charge in [-0.1, -0.05) is 20.8 Å². The summed E-state index contributed by atoms with van der Waals surface area (Å²) < 4.78 is 5.08. The van der Waals surface area contributed by atoms with E-state index in [0.717, 1.165) is 6.42 Å². The van der Waals surface area contributed by atoms with Crippen molar-refractivity contribution in [2.24, 2.45) is 5.41 Å². The third-order valence-electron chi connectivity index (χ3n) is 0.978. The van der Waals surface area contributed by atoms with Crippen molar-refractivity contribution < 1.29 is 3.07 Å². The summed E-state index contributed by atoms with van der Waals surface area (Å²) in [6.45, 7) is 6.51. The van der Waals surface area contributed by atoms with Crippen LogP contribution in [-0.2, 0) is 3.07 Å². The highest BCUT2D eigenvalue weighted by molar-refractivity contribution is 14.1. The van der Waals surface area contributed by atoms with Gasteiger partial charge in [0, 0.05) is 0 Å². The fraction of sp³-hybridized carbons (Fsp3) is 1.00. The van der Waals surface area contributed by atoms with Crippen molar-refractivity contribution >= 4 is 44.7 Å². The molecule has 0 rings (SSSR count). The molecule has 0 amide bonds. The second kappa shape index (κ2) is 5.06. The zero-order valence-corrected chi connectivity index (χ0v) is 10.1. The van der Waals surface area contributed by atoms with Gasteiger partial charge in [-0.2, -0.15) is 0 Å². The summed E-state index contributed by atoms with van der Waals surface area (Å²) in [5.74, 6) is 0. The minimum atomic E-state index is 0.113. The minimum absolute atomic E-state index is 0.113. The van der Waals surface area contributed by atoms with Gasteiger partial charge in [-0.05, 0) is 33.5 Å². The fourth-order valence-corrected chi connectivity index (χ4v) is 2.32. The van der Waals surface area contributed by atoms with Crippen LogP contribution in [0.15, 0.2) is 0 Å². The molecule has 62 valence electrons. The molecule has 1 nitrogen and oxygen atoms in total. The Hall–Kier alpha value is 1.33. The van der Waals surface area contributed by atoms with Crippen molar-refractivity contribution in [1.82, 2.24) is 0 Å². The number of rotatable bonds is 3. The highest BCUT2D eigenvalue weighted by Gasteiger charge is 2.18. The van der Waals surface area contributed by atoms with Crippen LogP contribution in [0.25, 0.3) is 0 Å². The summed E-state index contributed by atoms with van der Waals surface area (Å²) in [6.07, 6.45) is 0.976. The monoisotopic (exact) mass is 294 g/mol. The van der Waals surface area contributed by atoms with E-state index in [1.54, 1.807) is 0 Å². The minimum Gasteiger partial charge on any atom is -0.300 e. The Morgan fingerprint density at radius 2 is 2.10 bits per heavy atom. The Morgan fingerprint density at radius 1 is 1.60 bits per heavy atom. The van der Waals surface area contributed by atoms with Crippen LogP contribution in [0.1, 0.15) is 27.2 Å². The lowest BCUT2D eigenvalue weighted by molar-refractivity contribution is 0.269. The van der Waals surface area contributed by atoms with Crippen LogP contribution in [0.3, 0.4) is 0 Å². The van der Waals surface area contributed by atoms with Gasteiger partial charge in [0.2, 0.25) is 0 Å². The van der Waals surface area contributed by atoms with Crippen molar-refractivity contribution in [3.8, 4) is 0 Å². The molecule has 0 saturated carbocycles. The molecule has 0 aliphatic rings. The Balaban J connectivity index is 3.63. The zero-order valence-electron chi connectivity index (χ0n) is 6.36. The molecular formula is C6H12ClIOS. The first-order valence-corrected chi connectivity index (χ1v) is 5.63. The molecule has 4 heteroatoms. The number of hydrogen-bond donors (Lipinski definition) is 0. The predicted molar refractivity (Wildman–Crippen MR) is 56.4 cm³/mol. The van der Waals surface area contributed by atoms with E-state index in [2.05, 4.69) is 20.8 Å². The van der Waals surface area contributed by atoms with Gasteiger partial charge in [-0.25, -0.2) is 0 Å². The average Bonchev–Trinajstić information content (AvgIpc) is 1.81. The summed E-state index contributed by atoms with van der Waals surface area (Å²) in [6, 6.07) is 0. The first kappa shape index (κ1) is 11.3. The Morgan fingerprint density at radius 3 is 2.20 bits per heavy atom. The van der Waals surface area contributed by atoms with Gasteiger partial charge in [0.15, 0.2) is 0 Å². The predicted octanol–water partition coefficient (Wildman–Crippen LogP) is 4.00. The molecule has 10 heavy (non-hydrogen) atoms. The number of halogens is 2. The Kier molecular flexibility index (Phi) is 5.73. The molecule has 0 N–H and O–H groups in total. The van der Waals surface area contributed by atoms with E-state index in [-0.39, 0.29) is 10.9 Å². The maximum Gasteiger partial charge on any atom is 0.130 e. The lowest BCUT2D eigenvalue weighted by Crippen LogP contribution is -2.13. The van der Waals surface area contributed by atoms with Crippen molar-refractivity contribution in [3.05, 3.63) is 0 Å². The van der Waals surface area contributed by atoms with Crippen LogP contribution < -0.4 is 0 Å². The highest BCUT2D eigenvalue weighted by Crippen LogP contribution is 2.31. The third-order valence-corrected chi connectivity index (χ3v) is 2.99. The molecule has 0 spiro atoms. The van der Waals surface area contributed by atoms with Crippen LogP contribution in [0.4, 0.5) is 0 Å². The van der Waals surface area contributed by atoms with E-state index < -0.39 is 0 Å². The molecule has 0 fully saturated rings. The maximum absolute atomic E-state index is 5.56. The van der Waals surface area contributed by atoms with Crippen molar-refractivity contribution in [2.45, 2.75) is 32.6 Å². The van der Waals surface area contributed by atoms with E-state index in [1.165, 1.54) is 11.0 Å². The molecule has 0 aliphatic carbocycles. The van der Waals surface area contributed by atoms with Gasteiger partial charge < -0.3 is 3.07 Å². The van der Waals surface area contributed by atoms with Crippen LogP contribution in [-0.4, -0.2) is 5.44 Å². The average molecular weight is 295 g/mol. The van der Waals surface area contributed by atoms with E-state index in [0.29, 0.717) is 0 Å². The Labute approximate surface area is 85.4 Å². The first-order valence-electron chi connectivity index (χ1n) is 3.04. The molecule has 1 unspecified atom stereocenters. The van der Waals surface area contributed by atoms with E-state index >= 15 is 0 Å². The van der Waals surface area contributed by atoms with Gasteiger partial charge in [-0.3, -0.25) is 0 Å². The molecule has 0 aromatic rings. The van der Waals surface area contributed by atoms with Gasteiger partial charge in [0.05, 0.1) is 0 Å². The van der Waals surface area contributed by atoms with Gasteiger partial charge >= 0.3 is 0 Å². The van der Waals surface area contributed by atoms with Gasteiger partial charge in [-0.15, -0.1) is 0 Å². The smallest absolute Gasteiger partial charge is 0.130 e. The quantitative estimate of drug-likeness (QED) is 0.575. The van der Waals surface area contributed by atoms with Crippen LogP contribution in [0, 0.1) is 5.41 Å². The van der Waals surface area contributed by atoms with Crippen molar-refractivity contribution in [3.63, 3.8) is 0 Å². The standard InChI is InChI=1S/C6H12ClIOS/c1-6(2,3)4-5(9-8)10-7/h5H,4H2,1-3H3. The van der Waals surface area contributed by atoms with Crippen LogP contribution in [0.2, 0.25) is 0 Å². The van der Waals surface area contributed by atoms with E-state index in [4.69, 9.17) is 13.7 Å². The zero-order chi connectivity index (χ0) is 8.20. The molecule has 1 atom stereocenters. The van der Waals surface area contributed by atoms with E-state index in [9.17, 15) is 0 Å². The van der Waals surface area contributed by atoms with Gasteiger partial charge in [0.25, 0.3) is 0 Å². The molecule has 0 heterocycles. The van der Waals surface area contributed by atoms with Crippen molar-refractivity contribution in [1.29, 1.82) is 0 Å². The molecular weight excluding hydrogens is 282 g/mol. The maximum atomic E-state index is 5.56. The number of hydrogen-bond acceptors (Lipinski definition) is 2. The topological polar surface area (TPSA) is 9.23 Å². The second-order valence-corrected chi connectivity index (χ2v) is 5.12. The normalized spacial score (nSPS) is 15.3. The van der Waals surface area contributed by atoms with E-state index in [1.807, 2.05) is 23.0 Å². The molecule has 0 aliphatic heterocycles. The largest absolute Gasteiger partial charge is 0.300 e. The molecule has 0 aromatic heterocycles. The summed E-state index contributed by atoms with van der Waals surface area (Å²) in [4.78, 5) is 0.